The number of carbonyl (C=O) groups excluding carboxylic acids is 6. The molecule has 2 aliphatic rings. The van der Waals surface area contributed by atoms with Crippen molar-refractivity contribution in [3.05, 3.63) is 80.4 Å². The Balaban J connectivity index is 2.08. The number of carbonyl (C=O) groups is 6. The quantitative estimate of drug-likeness (QED) is 0.315. The summed E-state index contributed by atoms with van der Waals surface area (Å²) in [6, 6.07) is 6.83. The van der Waals surface area contributed by atoms with Crippen LogP contribution in [0.1, 0.15) is 89.5 Å². The molecule has 0 saturated heterocycles. The Bertz CT molecular complexity index is 1860. The summed E-state index contributed by atoms with van der Waals surface area (Å²) in [4.78, 5) is 77.7. The van der Waals surface area contributed by atoms with Gasteiger partial charge in [-0.2, -0.15) is 0 Å². The molecule has 1 atom stereocenters. The number of aromatic hydroxyl groups is 2. The third-order valence-electron chi connectivity index (χ3n) is 7.98. The summed E-state index contributed by atoms with van der Waals surface area (Å²) in [5, 5.41) is 21.0. The molecule has 2 heterocycles. The molecule has 0 bridgehead atoms. The zero-order valence-electron chi connectivity index (χ0n) is 25.6. The number of hydrogen-bond acceptors (Lipinski definition) is 10. The first-order valence-electron chi connectivity index (χ1n) is 14.4. The van der Waals surface area contributed by atoms with Crippen molar-refractivity contribution in [1.29, 1.82) is 0 Å². The molecule has 3 aromatic rings. The average Bonchev–Trinajstić information content (AvgIpc) is 3.18. The van der Waals surface area contributed by atoms with Crippen molar-refractivity contribution in [2.45, 2.75) is 72.3 Å². The average molecular weight is 613 g/mol. The lowest BCUT2D eigenvalue weighted by atomic mass is 9.69. The highest BCUT2D eigenvalue weighted by atomic mass is 16.6. The molecule has 10 heteroatoms. The van der Waals surface area contributed by atoms with Crippen molar-refractivity contribution in [3.8, 4) is 23.0 Å². The number of ether oxygens (including phenoxy) is 2. The van der Waals surface area contributed by atoms with Crippen LogP contribution in [-0.4, -0.2) is 45.1 Å². The van der Waals surface area contributed by atoms with Gasteiger partial charge in [-0.25, -0.2) is 4.79 Å². The van der Waals surface area contributed by atoms with Crippen molar-refractivity contribution in [3.63, 3.8) is 0 Å². The first kappa shape index (κ1) is 31.3. The summed E-state index contributed by atoms with van der Waals surface area (Å²) in [6.07, 6.45) is -1.10. The summed E-state index contributed by atoms with van der Waals surface area (Å²) in [6.45, 7) is 6.76. The van der Waals surface area contributed by atoms with E-state index in [4.69, 9.17) is 9.47 Å². The van der Waals surface area contributed by atoms with E-state index in [0.717, 1.165) is 0 Å². The van der Waals surface area contributed by atoms with Crippen LogP contribution in [-0.2, 0) is 66.4 Å². The molecular formula is C35H32O10. The smallest absolute Gasteiger partial charge is 0.340 e. The predicted octanol–water partition coefficient (Wildman–Crippen LogP) is 4.32. The molecule has 0 fully saturated rings. The highest BCUT2D eigenvalue weighted by molar-refractivity contribution is 6.03. The largest absolute Gasteiger partial charge is 0.508 e. The van der Waals surface area contributed by atoms with E-state index in [0.29, 0.717) is 11.1 Å². The second-order valence-corrected chi connectivity index (χ2v) is 11.9. The third kappa shape index (κ3) is 5.41. The topological polar surface area (TPSA) is 161 Å². The van der Waals surface area contributed by atoms with Gasteiger partial charge in [-0.05, 0) is 80.6 Å². The molecular weight excluding hydrogens is 580 g/mol. The highest BCUT2D eigenvalue weighted by Crippen LogP contribution is 2.60. The van der Waals surface area contributed by atoms with Crippen LogP contribution in [0.3, 0.4) is 0 Å². The van der Waals surface area contributed by atoms with Gasteiger partial charge in [-0.1, -0.05) is 0 Å². The number of benzene rings is 3. The predicted molar refractivity (Wildman–Crippen MR) is 160 cm³/mol. The van der Waals surface area contributed by atoms with Crippen LogP contribution in [0.15, 0.2) is 30.3 Å². The van der Waals surface area contributed by atoms with E-state index in [1.165, 1.54) is 65.0 Å². The van der Waals surface area contributed by atoms with Crippen LogP contribution in [0.5, 0.6) is 23.0 Å². The van der Waals surface area contributed by atoms with Gasteiger partial charge in [0.05, 0.1) is 11.1 Å². The zero-order chi connectivity index (χ0) is 33.0. The van der Waals surface area contributed by atoms with Gasteiger partial charge in [0.15, 0.2) is 5.60 Å². The van der Waals surface area contributed by atoms with Gasteiger partial charge in [0, 0.05) is 55.4 Å². The van der Waals surface area contributed by atoms with Crippen LogP contribution in [0, 0.1) is 0 Å². The second kappa shape index (κ2) is 11.4. The lowest BCUT2D eigenvalue weighted by Gasteiger charge is -2.39. The van der Waals surface area contributed by atoms with Gasteiger partial charge in [-0.15, -0.1) is 0 Å². The summed E-state index contributed by atoms with van der Waals surface area (Å²) >= 11 is 0. The highest BCUT2D eigenvalue weighted by Gasteiger charge is 2.57. The van der Waals surface area contributed by atoms with E-state index in [9.17, 15) is 39.0 Å². The number of ketones is 5. The van der Waals surface area contributed by atoms with Gasteiger partial charge in [0.2, 0.25) is 0 Å². The molecule has 2 aliphatic heterocycles. The van der Waals surface area contributed by atoms with E-state index >= 15 is 0 Å². The Hall–Kier alpha value is -5.12. The molecule has 232 valence electrons. The molecule has 1 unspecified atom stereocenters. The van der Waals surface area contributed by atoms with Gasteiger partial charge >= 0.3 is 5.97 Å². The molecule has 0 aliphatic carbocycles. The van der Waals surface area contributed by atoms with Crippen molar-refractivity contribution >= 4 is 34.9 Å². The zero-order valence-corrected chi connectivity index (χ0v) is 25.6. The normalized spacial score (nSPS) is 15.9. The van der Waals surface area contributed by atoms with E-state index in [2.05, 4.69) is 0 Å². The molecule has 0 amide bonds. The Morgan fingerprint density at radius 2 is 1.13 bits per heavy atom. The van der Waals surface area contributed by atoms with Crippen molar-refractivity contribution < 1.29 is 48.5 Å². The summed E-state index contributed by atoms with van der Waals surface area (Å²) in [5.41, 5.74) is 0.209. The van der Waals surface area contributed by atoms with E-state index in [1.807, 2.05) is 0 Å². The number of Topliss-reactive ketones (excluding diaryl/α,β-unsaturated/α-hetero) is 5. The monoisotopic (exact) mass is 612 g/mol. The van der Waals surface area contributed by atoms with E-state index in [1.54, 1.807) is 0 Å². The fourth-order valence-corrected chi connectivity index (χ4v) is 6.69. The van der Waals surface area contributed by atoms with Crippen molar-refractivity contribution in [2.24, 2.45) is 0 Å². The molecule has 10 nitrogen and oxygen atoms in total. The maximum atomic E-state index is 14.3. The lowest BCUT2D eigenvalue weighted by Crippen LogP contribution is -2.36. The SMILES string of the molecule is CC(=O)Cc1cc(O)cc2c1C1(OC(=O)c3c(CC(C)=O)c(CC(C)=O)c(CC(C)=O)c(CC(C)=O)c31)c1ccc(O)cc1O2. The molecule has 0 aromatic heterocycles. The maximum absolute atomic E-state index is 14.3. The van der Waals surface area contributed by atoms with Gasteiger partial charge in [-0.3, -0.25) is 24.0 Å². The van der Waals surface area contributed by atoms with Crippen LogP contribution in [0.25, 0.3) is 0 Å². The first-order chi connectivity index (χ1) is 21.1. The Labute approximate surface area is 259 Å². The van der Waals surface area contributed by atoms with Crippen molar-refractivity contribution in [1.82, 2.24) is 0 Å². The van der Waals surface area contributed by atoms with Crippen LogP contribution >= 0.6 is 0 Å². The Kier molecular flexibility index (Phi) is 7.95. The maximum Gasteiger partial charge on any atom is 0.340 e. The number of esters is 1. The fourth-order valence-electron chi connectivity index (χ4n) is 6.69. The van der Waals surface area contributed by atoms with E-state index in [-0.39, 0.29) is 123 Å². The minimum atomic E-state index is -1.89. The van der Waals surface area contributed by atoms with Gasteiger partial charge in [0.1, 0.15) is 51.9 Å². The second-order valence-electron chi connectivity index (χ2n) is 11.9. The molecule has 3 aromatic carbocycles. The van der Waals surface area contributed by atoms with Crippen LogP contribution in [0.4, 0.5) is 0 Å². The molecule has 45 heavy (non-hydrogen) atoms. The molecule has 1 spiro atoms. The fraction of sp³-hybridized carbons (Fsp3) is 0.314. The Morgan fingerprint density at radius 3 is 1.71 bits per heavy atom. The molecule has 0 saturated carbocycles. The van der Waals surface area contributed by atoms with Gasteiger partial charge in [0.25, 0.3) is 0 Å². The number of fused-ring (bicyclic) bond motifs is 6. The van der Waals surface area contributed by atoms with E-state index < -0.39 is 11.6 Å². The first-order valence-corrected chi connectivity index (χ1v) is 14.4. The summed E-state index contributed by atoms with van der Waals surface area (Å²) < 4.78 is 12.5. The lowest BCUT2D eigenvalue weighted by molar-refractivity contribution is -0.118. The minimum absolute atomic E-state index is 0.0151. The van der Waals surface area contributed by atoms with Gasteiger partial charge < -0.3 is 19.7 Å². The number of phenolic OH excluding ortho intramolecular Hbond substituents is 2. The van der Waals surface area contributed by atoms with Crippen LogP contribution < -0.4 is 4.74 Å². The summed E-state index contributed by atoms with van der Waals surface area (Å²) in [7, 11) is 0. The number of hydrogen-bond donors (Lipinski definition) is 2. The number of phenols is 2. The Morgan fingerprint density at radius 1 is 0.622 bits per heavy atom. The molecule has 0 radical (unpaired) electrons. The molecule has 2 N–H and O–H groups in total. The van der Waals surface area contributed by atoms with Crippen molar-refractivity contribution in [2.75, 3.05) is 0 Å². The standard InChI is InChI=1S/C35H32O10/c1-16(36)8-21-13-23(42)15-30-32(21)35(28-7-6-22(41)14-29(28)44-30)33-27(12-20(5)40)25(10-18(3)38)24(9-17(2)37)26(11-19(4)39)31(33)34(43)45-35/h6-7,13-15,41-42H,8-12H2,1-5H3. The van der Waals surface area contributed by atoms with Crippen LogP contribution in [0.2, 0.25) is 0 Å². The third-order valence-corrected chi connectivity index (χ3v) is 7.98. The molecule has 5 rings (SSSR count). The summed E-state index contributed by atoms with van der Waals surface area (Å²) in [5.74, 6) is -2.60. The number of rotatable bonds is 10. The minimum Gasteiger partial charge on any atom is -0.508 e.